The minimum atomic E-state index is 0.363. The molecule has 0 aliphatic heterocycles. The zero-order valence-electron chi connectivity index (χ0n) is 10.4. The fraction of sp³-hybridized carbons (Fsp3) is 0.214. The summed E-state index contributed by atoms with van der Waals surface area (Å²) in [6.45, 7) is 2.05. The zero-order valence-corrected chi connectivity index (χ0v) is 11.2. The third kappa shape index (κ3) is 3.67. The summed E-state index contributed by atoms with van der Waals surface area (Å²) in [6.07, 6.45) is 1.70. The highest BCUT2D eigenvalue weighted by molar-refractivity contribution is 6.29. The molecule has 5 heteroatoms. The molecule has 0 amide bonds. The van der Waals surface area contributed by atoms with Gasteiger partial charge in [0.15, 0.2) is 0 Å². The molecular weight excluding hydrogens is 262 g/mol. The Kier molecular flexibility index (Phi) is 4.32. The number of aromatic nitrogens is 2. The number of hydrogen-bond donors (Lipinski definition) is 0. The van der Waals surface area contributed by atoms with Gasteiger partial charge in [-0.15, -0.1) is 0 Å². The van der Waals surface area contributed by atoms with Gasteiger partial charge in [-0.1, -0.05) is 18.5 Å². The first-order valence-corrected chi connectivity index (χ1v) is 6.30. The highest BCUT2D eigenvalue weighted by atomic mass is 35.5. The molecule has 96 valence electrons. The Labute approximate surface area is 116 Å². The summed E-state index contributed by atoms with van der Waals surface area (Å²) in [5, 5.41) is 9.08. The Morgan fingerprint density at radius 1 is 1.26 bits per heavy atom. The van der Waals surface area contributed by atoms with Gasteiger partial charge in [0.05, 0.1) is 11.6 Å². The van der Waals surface area contributed by atoms with E-state index >= 15 is 0 Å². The van der Waals surface area contributed by atoms with Crippen molar-refractivity contribution >= 4 is 11.6 Å². The number of nitriles is 1. The number of ether oxygens (including phenoxy) is 1. The van der Waals surface area contributed by atoms with Gasteiger partial charge in [0.2, 0.25) is 5.88 Å². The molecule has 19 heavy (non-hydrogen) atoms. The topological polar surface area (TPSA) is 58.8 Å². The second-order valence-corrected chi connectivity index (χ2v) is 4.32. The van der Waals surface area contributed by atoms with Crippen molar-refractivity contribution in [2.75, 3.05) is 0 Å². The van der Waals surface area contributed by atoms with Crippen LogP contribution in [0.5, 0.6) is 11.6 Å². The Bertz CT molecular complexity index is 605. The molecule has 0 radical (unpaired) electrons. The molecule has 0 spiro atoms. The van der Waals surface area contributed by atoms with Gasteiger partial charge in [-0.2, -0.15) is 10.2 Å². The molecule has 0 atom stereocenters. The van der Waals surface area contributed by atoms with E-state index in [1.54, 1.807) is 30.3 Å². The SMILES string of the molecule is CCCc1nc(Cl)cc(Oc2ccc(C#N)cc2)n1. The lowest BCUT2D eigenvalue weighted by molar-refractivity contribution is 0.458. The van der Waals surface area contributed by atoms with Crippen LogP contribution in [0.15, 0.2) is 30.3 Å². The van der Waals surface area contributed by atoms with Gasteiger partial charge in [-0.3, -0.25) is 0 Å². The smallest absolute Gasteiger partial charge is 0.224 e. The zero-order chi connectivity index (χ0) is 13.7. The number of nitrogens with zero attached hydrogens (tertiary/aromatic N) is 3. The van der Waals surface area contributed by atoms with Crippen molar-refractivity contribution in [2.24, 2.45) is 0 Å². The first-order valence-electron chi connectivity index (χ1n) is 5.92. The monoisotopic (exact) mass is 273 g/mol. The largest absolute Gasteiger partial charge is 0.439 e. The van der Waals surface area contributed by atoms with Crippen molar-refractivity contribution in [3.8, 4) is 17.7 Å². The van der Waals surface area contributed by atoms with Gasteiger partial charge in [-0.05, 0) is 30.7 Å². The first kappa shape index (κ1) is 13.3. The fourth-order valence-corrected chi connectivity index (χ4v) is 1.74. The molecule has 0 bridgehead atoms. The Hall–Kier alpha value is -2.12. The van der Waals surface area contributed by atoms with Gasteiger partial charge >= 0.3 is 0 Å². The van der Waals surface area contributed by atoms with Crippen LogP contribution >= 0.6 is 11.6 Å². The van der Waals surface area contributed by atoms with Gasteiger partial charge < -0.3 is 4.74 Å². The van der Waals surface area contributed by atoms with Crippen LogP contribution in [0.3, 0.4) is 0 Å². The highest BCUT2D eigenvalue weighted by Gasteiger charge is 2.05. The Morgan fingerprint density at radius 3 is 2.63 bits per heavy atom. The van der Waals surface area contributed by atoms with Crippen molar-refractivity contribution in [3.63, 3.8) is 0 Å². The fourth-order valence-electron chi connectivity index (χ4n) is 1.55. The van der Waals surface area contributed by atoms with E-state index in [2.05, 4.69) is 16.0 Å². The summed E-state index contributed by atoms with van der Waals surface area (Å²) < 4.78 is 5.60. The molecule has 1 aromatic carbocycles. The van der Waals surface area contributed by atoms with Crippen LogP contribution in [0.2, 0.25) is 5.15 Å². The van der Waals surface area contributed by atoms with Crippen LogP contribution < -0.4 is 4.74 Å². The molecule has 4 nitrogen and oxygen atoms in total. The van der Waals surface area contributed by atoms with E-state index in [9.17, 15) is 0 Å². The number of rotatable bonds is 4. The molecule has 1 aromatic heterocycles. The summed E-state index contributed by atoms with van der Waals surface area (Å²) in [6, 6.07) is 10.4. The maximum atomic E-state index is 8.72. The molecule has 0 aliphatic carbocycles. The standard InChI is InChI=1S/C14H12ClN3O/c1-2-3-13-17-12(15)8-14(18-13)19-11-6-4-10(9-16)5-7-11/h4-8H,2-3H2,1H3. The maximum absolute atomic E-state index is 8.72. The summed E-state index contributed by atoms with van der Waals surface area (Å²) in [5.74, 6) is 1.68. The van der Waals surface area contributed by atoms with Crippen molar-refractivity contribution in [1.29, 1.82) is 5.26 Å². The van der Waals surface area contributed by atoms with Crippen LogP contribution in [0, 0.1) is 11.3 Å². The predicted octanol–water partition coefficient (Wildman–Crippen LogP) is 3.75. The average Bonchev–Trinajstić information content (AvgIpc) is 2.39. The second-order valence-electron chi connectivity index (χ2n) is 3.93. The van der Waals surface area contributed by atoms with Crippen LogP contribution in [-0.2, 0) is 6.42 Å². The molecule has 0 N–H and O–H groups in total. The van der Waals surface area contributed by atoms with Crippen LogP contribution in [0.25, 0.3) is 0 Å². The second kappa shape index (κ2) is 6.17. The lowest BCUT2D eigenvalue weighted by Gasteiger charge is -2.06. The molecule has 0 fully saturated rings. The molecule has 1 heterocycles. The van der Waals surface area contributed by atoms with Crippen molar-refractivity contribution < 1.29 is 4.74 Å². The van der Waals surface area contributed by atoms with Crippen LogP contribution in [-0.4, -0.2) is 9.97 Å². The normalized spacial score (nSPS) is 9.95. The highest BCUT2D eigenvalue weighted by Crippen LogP contribution is 2.22. The van der Waals surface area contributed by atoms with Gasteiger partial charge in [0, 0.05) is 12.5 Å². The summed E-state index contributed by atoms with van der Waals surface area (Å²) >= 11 is 5.93. The predicted molar refractivity (Wildman–Crippen MR) is 72.3 cm³/mol. The van der Waals surface area contributed by atoms with Gasteiger partial charge in [0.25, 0.3) is 0 Å². The molecule has 0 unspecified atom stereocenters. The van der Waals surface area contributed by atoms with Crippen LogP contribution in [0.1, 0.15) is 24.7 Å². The minimum Gasteiger partial charge on any atom is -0.439 e. The number of aryl methyl sites for hydroxylation is 1. The van der Waals surface area contributed by atoms with Gasteiger partial charge in [0.1, 0.15) is 16.7 Å². The van der Waals surface area contributed by atoms with E-state index < -0.39 is 0 Å². The number of halogens is 1. The molecule has 2 rings (SSSR count). The quantitative estimate of drug-likeness (QED) is 0.796. The number of hydrogen-bond acceptors (Lipinski definition) is 4. The van der Waals surface area contributed by atoms with Crippen LogP contribution in [0.4, 0.5) is 0 Å². The summed E-state index contributed by atoms with van der Waals surface area (Å²) in [4.78, 5) is 8.40. The van der Waals surface area contributed by atoms with E-state index in [4.69, 9.17) is 21.6 Å². The van der Waals surface area contributed by atoms with E-state index in [0.29, 0.717) is 28.2 Å². The average molecular weight is 274 g/mol. The minimum absolute atomic E-state index is 0.363. The first-order chi connectivity index (χ1) is 9.21. The van der Waals surface area contributed by atoms with E-state index in [-0.39, 0.29) is 0 Å². The van der Waals surface area contributed by atoms with Crippen molar-refractivity contribution in [1.82, 2.24) is 9.97 Å². The lowest BCUT2D eigenvalue weighted by Crippen LogP contribution is -1.97. The molecular formula is C14H12ClN3O. The molecule has 2 aromatic rings. The third-order valence-corrected chi connectivity index (χ3v) is 2.59. The van der Waals surface area contributed by atoms with E-state index in [0.717, 1.165) is 12.8 Å². The summed E-state index contributed by atoms with van der Waals surface area (Å²) in [5.41, 5.74) is 0.583. The van der Waals surface area contributed by atoms with Gasteiger partial charge in [-0.25, -0.2) is 4.98 Å². The molecule has 0 saturated heterocycles. The lowest BCUT2D eigenvalue weighted by atomic mass is 10.2. The summed E-state index contributed by atoms with van der Waals surface area (Å²) in [7, 11) is 0. The third-order valence-electron chi connectivity index (χ3n) is 2.40. The van der Waals surface area contributed by atoms with E-state index in [1.807, 2.05) is 6.92 Å². The van der Waals surface area contributed by atoms with E-state index in [1.165, 1.54) is 0 Å². The Morgan fingerprint density at radius 2 is 2.00 bits per heavy atom. The molecule has 0 saturated carbocycles. The van der Waals surface area contributed by atoms with Crippen molar-refractivity contribution in [3.05, 3.63) is 46.9 Å². The number of benzene rings is 1. The van der Waals surface area contributed by atoms with Crippen molar-refractivity contribution in [2.45, 2.75) is 19.8 Å². The molecule has 0 aliphatic rings. The maximum Gasteiger partial charge on any atom is 0.224 e. The Balaban J connectivity index is 2.20.